The first kappa shape index (κ1) is 17.0. The summed E-state index contributed by atoms with van der Waals surface area (Å²) in [5, 5.41) is 4.21. The number of aryl methyl sites for hydroxylation is 1. The largest absolute Gasteiger partial charge is 0.276 e. The Bertz CT molecular complexity index is 580. The zero-order valence-electron chi connectivity index (χ0n) is 13.3. The van der Waals surface area contributed by atoms with Crippen LogP contribution >= 0.6 is 0 Å². The maximum absolute atomic E-state index is 12.2. The van der Waals surface area contributed by atoms with Gasteiger partial charge in [0.1, 0.15) is 0 Å². The monoisotopic (exact) mass is 322 g/mol. The molecule has 5 heteroatoms. The van der Waals surface area contributed by atoms with E-state index in [-0.39, 0.29) is 4.90 Å². The molecule has 0 aromatic heterocycles. The number of sulfonamides is 1. The molecule has 22 heavy (non-hydrogen) atoms. The van der Waals surface area contributed by atoms with Crippen molar-refractivity contribution in [1.29, 1.82) is 0 Å². The van der Waals surface area contributed by atoms with E-state index in [1.165, 1.54) is 32.1 Å². The molecule has 122 valence electrons. The van der Waals surface area contributed by atoms with E-state index in [2.05, 4.69) is 9.93 Å². The molecule has 1 saturated carbocycles. The fourth-order valence-electron chi connectivity index (χ4n) is 2.67. The van der Waals surface area contributed by atoms with Crippen molar-refractivity contribution in [2.24, 2.45) is 5.10 Å². The number of hydrazone groups is 1. The Hall–Kier alpha value is -1.36. The van der Waals surface area contributed by atoms with E-state index < -0.39 is 10.0 Å². The van der Waals surface area contributed by atoms with Gasteiger partial charge in [-0.2, -0.15) is 13.5 Å². The van der Waals surface area contributed by atoms with Gasteiger partial charge in [0.05, 0.1) is 4.90 Å². The van der Waals surface area contributed by atoms with Gasteiger partial charge in [-0.25, -0.2) is 4.83 Å². The molecule has 1 fully saturated rings. The summed E-state index contributed by atoms with van der Waals surface area (Å²) >= 11 is 0. The number of hydrogen-bond donors (Lipinski definition) is 1. The highest BCUT2D eigenvalue weighted by Gasteiger charge is 2.13. The quantitative estimate of drug-likeness (QED) is 0.850. The van der Waals surface area contributed by atoms with Gasteiger partial charge in [0.15, 0.2) is 0 Å². The lowest BCUT2D eigenvalue weighted by atomic mass is 10.00. The Labute approximate surface area is 134 Å². The van der Waals surface area contributed by atoms with Gasteiger partial charge < -0.3 is 0 Å². The Morgan fingerprint density at radius 2 is 1.36 bits per heavy atom. The van der Waals surface area contributed by atoms with Crippen LogP contribution in [0.1, 0.15) is 63.4 Å². The third-order valence-electron chi connectivity index (χ3n) is 4.09. The third-order valence-corrected chi connectivity index (χ3v) is 5.31. The predicted molar refractivity (Wildman–Crippen MR) is 90.5 cm³/mol. The van der Waals surface area contributed by atoms with Crippen LogP contribution in [0.5, 0.6) is 0 Å². The fraction of sp³-hybridized carbons (Fsp3) is 0.588. The van der Waals surface area contributed by atoms with Gasteiger partial charge in [-0.3, -0.25) is 0 Å². The summed E-state index contributed by atoms with van der Waals surface area (Å²) in [5.74, 6) is 0. The van der Waals surface area contributed by atoms with Gasteiger partial charge in [0.25, 0.3) is 10.0 Å². The molecule has 0 amide bonds. The van der Waals surface area contributed by atoms with Crippen LogP contribution in [-0.2, 0) is 10.0 Å². The Balaban J connectivity index is 2.02. The number of hydrogen-bond acceptors (Lipinski definition) is 3. The minimum absolute atomic E-state index is 0.266. The molecule has 1 N–H and O–H groups in total. The standard InChI is InChI=1S/C17H26N2O2S/c1-15-11-13-17(14-12-15)22(20,21)19-18-16-9-7-5-3-2-4-6-8-10-16/h11-14,19H,2-10H2,1H3. The van der Waals surface area contributed by atoms with Crippen LogP contribution in [0.15, 0.2) is 34.3 Å². The third kappa shape index (κ3) is 5.44. The van der Waals surface area contributed by atoms with Crippen molar-refractivity contribution < 1.29 is 8.42 Å². The molecule has 0 heterocycles. The van der Waals surface area contributed by atoms with E-state index in [0.29, 0.717) is 0 Å². The molecule has 1 aromatic carbocycles. The second kappa shape index (κ2) is 8.32. The summed E-state index contributed by atoms with van der Waals surface area (Å²) in [6.07, 6.45) is 10.3. The molecular formula is C17H26N2O2S. The maximum Gasteiger partial charge on any atom is 0.276 e. The molecule has 0 bridgehead atoms. The summed E-state index contributed by atoms with van der Waals surface area (Å²) in [5.41, 5.74) is 2.02. The van der Waals surface area contributed by atoms with Crippen molar-refractivity contribution in [3.05, 3.63) is 29.8 Å². The SMILES string of the molecule is Cc1ccc(S(=O)(=O)NN=C2CCCCCCCCC2)cc1. The summed E-state index contributed by atoms with van der Waals surface area (Å²) in [4.78, 5) is 2.67. The van der Waals surface area contributed by atoms with E-state index in [1.54, 1.807) is 24.3 Å². The summed E-state index contributed by atoms with van der Waals surface area (Å²) in [6.45, 7) is 1.93. The smallest absolute Gasteiger partial charge is 0.200 e. The molecule has 4 nitrogen and oxygen atoms in total. The molecule has 0 unspecified atom stereocenters. The highest BCUT2D eigenvalue weighted by molar-refractivity contribution is 7.89. The van der Waals surface area contributed by atoms with E-state index in [0.717, 1.165) is 37.0 Å². The topological polar surface area (TPSA) is 58.5 Å². The normalized spacial score (nSPS) is 17.8. The minimum Gasteiger partial charge on any atom is -0.200 e. The van der Waals surface area contributed by atoms with E-state index in [1.807, 2.05) is 6.92 Å². The molecule has 1 aliphatic rings. The first-order chi connectivity index (χ1) is 10.6. The molecule has 0 aliphatic heterocycles. The molecule has 1 aromatic rings. The van der Waals surface area contributed by atoms with Gasteiger partial charge in [-0.05, 0) is 44.7 Å². The van der Waals surface area contributed by atoms with Crippen LogP contribution in [0.4, 0.5) is 0 Å². The Morgan fingerprint density at radius 3 is 1.91 bits per heavy atom. The highest BCUT2D eigenvalue weighted by Crippen LogP contribution is 2.16. The van der Waals surface area contributed by atoms with Crippen molar-refractivity contribution >= 4 is 15.7 Å². The van der Waals surface area contributed by atoms with Gasteiger partial charge in [-0.15, -0.1) is 0 Å². The highest BCUT2D eigenvalue weighted by atomic mass is 32.2. The molecule has 0 saturated heterocycles. The summed E-state index contributed by atoms with van der Waals surface area (Å²) < 4.78 is 24.5. The van der Waals surface area contributed by atoms with Crippen molar-refractivity contribution in [3.63, 3.8) is 0 Å². The summed E-state index contributed by atoms with van der Waals surface area (Å²) in [7, 11) is -3.55. The van der Waals surface area contributed by atoms with Crippen LogP contribution in [0.2, 0.25) is 0 Å². The Kier molecular flexibility index (Phi) is 6.43. The van der Waals surface area contributed by atoms with Crippen LogP contribution in [0, 0.1) is 6.92 Å². The second-order valence-corrected chi connectivity index (χ2v) is 7.72. The van der Waals surface area contributed by atoms with E-state index >= 15 is 0 Å². The van der Waals surface area contributed by atoms with Gasteiger partial charge >= 0.3 is 0 Å². The van der Waals surface area contributed by atoms with E-state index in [4.69, 9.17) is 0 Å². The molecule has 0 spiro atoms. The zero-order valence-corrected chi connectivity index (χ0v) is 14.2. The number of nitrogens with one attached hydrogen (secondary N) is 1. The van der Waals surface area contributed by atoms with Crippen molar-refractivity contribution in [2.45, 2.75) is 69.6 Å². The van der Waals surface area contributed by atoms with E-state index in [9.17, 15) is 8.42 Å². The van der Waals surface area contributed by atoms with Crippen molar-refractivity contribution in [3.8, 4) is 0 Å². The molecule has 0 radical (unpaired) electrons. The average molecular weight is 322 g/mol. The van der Waals surface area contributed by atoms with Gasteiger partial charge in [-0.1, -0.05) is 49.8 Å². The molecule has 2 rings (SSSR count). The lowest BCUT2D eigenvalue weighted by Crippen LogP contribution is -2.20. The first-order valence-electron chi connectivity index (χ1n) is 8.22. The maximum atomic E-state index is 12.2. The van der Waals surface area contributed by atoms with Crippen LogP contribution in [0.25, 0.3) is 0 Å². The molecular weight excluding hydrogens is 296 g/mol. The molecule has 0 atom stereocenters. The average Bonchev–Trinajstić information content (AvgIpc) is 2.51. The predicted octanol–water partition coefficient (Wildman–Crippen LogP) is 4.15. The summed E-state index contributed by atoms with van der Waals surface area (Å²) in [6, 6.07) is 6.83. The van der Waals surface area contributed by atoms with Gasteiger partial charge in [0.2, 0.25) is 0 Å². The lowest BCUT2D eigenvalue weighted by Gasteiger charge is -2.11. The molecule has 1 aliphatic carbocycles. The van der Waals surface area contributed by atoms with Gasteiger partial charge in [0, 0.05) is 5.71 Å². The van der Waals surface area contributed by atoms with Crippen LogP contribution in [-0.4, -0.2) is 14.1 Å². The Morgan fingerprint density at radius 1 is 0.864 bits per heavy atom. The lowest BCUT2D eigenvalue weighted by molar-refractivity contribution is 0.570. The number of rotatable bonds is 3. The number of nitrogens with zero attached hydrogens (tertiary/aromatic N) is 1. The zero-order chi connectivity index (χ0) is 15.8. The van der Waals surface area contributed by atoms with Crippen molar-refractivity contribution in [2.75, 3.05) is 0 Å². The first-order valence-corrected chi connectivity index (χ1v) is 9.70. The number of benzene rings is 1. The fourth-order valence-corrected chi connectivity index (χ4v) is 3.52. The minimum atomic E-state index is -3.55. The van der Waals surface area contributed by atoms with Crippen LogP contribution in [0.3, 0.4) is 0 Å². The van der Waals surface area contributed by atoms with Crippen LogP contribution < -0.4 is 4.83 Å². The van der Waals surface area contributed by atoms with Crippen molar-refractivity contribution in [1.82, 2.24) is 4.83 Å². The second-order valence-electron chi connectivity index (χ2n) is 6.06.